The van der Waals surface area contributed by atoms with Crippen LogP contribution in [0.4, 0.5) is 45.5 Å². The number of azo groups is 2. The van der Waals surface area contributed by atoms with Crippen molar-refractivity contribution in [1.82, 2.24) is 0 Å². The zero-order valence-electron chi connectivity index (χ0n) is 27.3. The van der Waals surface area contributed by atoms with Crippen LogP contribution < -0.4 is 18.9 Å². The Hall–Kier alpha value is -4.72. The third-order valence-corrected chi connectivity index (χ3v) is 7.27. The quantitative estimate of drug-likeness (QED) is 0.0480. The molecule has 25 heteroatoms. The predicted octanol–water partition coefficient (Wildman–Crippen LogP) is 13.0. The monoisotopic (exact) mass is 898 g/mol. The van der Waals surface area contributed by atoms with Gasteiger partial charge in [0, 0.05) is 36.4 Å². The van der Waals surface area contributed by atoms with Crippen molar-refractivity contribution in [2.24, 2.45) is 20.5 Å². The summed E-state index contributed by atoms with van der Waals surface area (Å²) in [5.41, 5.74) is 0.379. The number of halogens is 6. The van der Waals surface area contributed by atoms with Crippen LogP contribution >= 0.6 is 65.8 Å². The normalized spacial score (nSPS) is 10.1. The van der Waals surface area contributed by atoms with Crippen molar-refractivity contribution in [1.29, 1.82) is 10.8 Å². The van der Waals surface area contributed by atoms with Crippen LogP contribution in [0.5, 0.6) is 23.0 Å². The number of nitrogens with zero attached hydrogens (tertiary/aromatic N) is 10. The van der Waals surface area contributed by atoms with Crippen molar-refractivity contribution in [3.8, 4) is 23.0 Å². The van der Waals surface area contributed by atoms with Gasteiger partial charge in [0.15, 0.2) is 21.5 Å². The number of rotatable bonds is 10. The fourth-order valence-electron chi connectivity index (χ4n) is 3.76. The minimum atomic E-state index is -0.931. The molecule has 0 amide bonds. The number of nitro benzene ring substituents is 2. The van der Waals surface area contributed by atoms with Gasteiger partial charge in [-0.05, 0) is 0 Å². The van der Waals surface area contributed by atoms with Crippen LogP contribution in [0, 0.1) is 31.0 Å². The summed E-state index contributed by atoms with van der Waals surface area (Å²) in [5, 5.41) is 55.2. The Balaban J connectivity index is 0.000000341. The number of non-ortho nitro benzene ring substituents is 2. The van der Waals surface area contributed by atoms with Crippen LogP contribution in [0.2, 0.25) is 20.1 Å². The summed E-state index contributed by atoms with van der Waals surface area (Å²) in [6.07, 6.45) is 0. The Morgan fingerprint density at radius 3 is 1.08 bits per heavy atom. The molecular formula is C28H20Cl6N10O8Zn+2. The molecule has 4 aromatic carbocycles. The fourth-order valence-corrected chi connectivity index (χ4v) is 4.86. The molecule has 4 aromatic rings. The zero-order chi connectivity index (χ0) is 39.8. The molecule has 0 aromatic heterocycles. The van der Waals surface area contributed by atoms with Crippen molar-refractivity contribution in [3.63, 3.8) is 0 Å². The summed E-state index contributed by atoms with van der Waals surface area (Å²) in [5.74, 6) is 0.981. The van der Waals surface area contributed by atoms with Gasteiger partial charge in [-0.3, -0.25) is 20.2 Å². The van der Waals surface area contributed by atoms with Crippen molar-refractivity contribution in [2.45, 2.75) is 0 Å². The number of diazo groups is 2. The number of benzene rings is 4. The number of hydrogen-bond donors (Lipinski definition) is 0. The molecule has 0 heterocycles. The van der Waals surface area contributed by atoms with Gasteiger partial charge in [-0.15, -0.1) is 20.5 Å². The number of ether oxygens (including phenoxy) is 4. The van der Waals surface area contributed by atoms with Crippen LogP contribution in [0.15, 0.2) is 69.0 Å². The average molecular weight is 903 g/mol. The predicted molar refractivity (Wildman–Crippen MR) is 195 cm³/mol. The van der Waals surface area contributed by atoms with E-state index in [-0.39, 0.29) is 88.6 Å². The first-order valence-electron chi connectivity index (χ1n) is 13.7. The van der Waals surface area contributed by atoms with Crippen molar-refractivity contribution >= 4 is 111 Å². The van der Waals surface area contributed by atoms with Crippen LogP contribution in [0.1, 0.15) is 0 Å². The Labute approximate surface area is 334 Å². The molecule has 0 N–H and O–H groups in total. The number of nitro groups is 2. The third-order valence-electron chi connectivity index (χ3n) is 6.12. The van der Waals surface area contributed by atoms with E-state index in [4.69, 9.17) is 95.5 Å². The Morgan fingerprint density at radius 1 is 0.566 bits per heavy atom. The summed E-state index contributed by atoms with van der Waals surface area (Å²) in [6.45, 7) is 0. The van der Waals surface area contributed by atoms with Crippen LogP contribution in [-0.4, -0.2) is 38.3 Å². The van der Waals surface area contributed by atoms with Gasteiger partial charge >= 0.3 is 45.9 Å². The maximum atomic E-state index is 10.8. The van der Waals surface area contributed by atoms with Crippen molar-refractivity contribution < 1.29 is 43.9 Å². The zero-order valence-corrected chi connectivity index (χ0v) is 34.8. The summed E-state index contributed by atoms with van der Waals surface area (Å²) in [6, 6.07) is 10.1. The van der Waals surface area contributed by atoms with Crippen molar-refractivity contribution in [2.75, 3.05) is 28.4 Å². The molecule has 0 bridgehead atoms. The first kappa shape index (κ1) is 44.4. The first-order valence-corrected chi connectivity index (χ1v) is 23.0. The van der Waals surface area contributed by atoms with E-state index in [2.05, 4.69) is 30.4 Å². The second-order valence-corrected chi connectivity index (χ2v) is 15.4. The summed E-state index contributed by atoms with van der Waals surface area (Å²) in [4.78, 5) is 26.5. The third kappa shape index (κ3) is 12.2. The molecule has 0 atom stereocenters. The van der Waals surface area contributed by atoms with Gasteiger partial charge in [-0.25, -0.2) is 0 Å². The second-order valence-electron chi connectivity index (χ2n) is 9.12. The summed E-state index contributed by atoms with van der Waals surface area (Å²) >= 11 is 23.0. The van der Waals surface area contributed by atoms with Crippen LogP contribution in [-0.2, 0) is 15.1 Å². The molecule has 272 valence electrons. The van der Waals surface area contributed by atoms with Gasteiger partial charge in [0.1, 0.15) is 22.7 Å². The number of hydrogen-bond acceptors (Lipinski definition) is 14. The first-order chi connectivity index (χ1) is 25.2. The van der Waals surface area contributed by atoms with Gasteiger partial charge in [-0.2, -0.15) is 0 Å². The summed E-state index contributed by atoms with van der Waals surface area (Å²) in [7, 11) is 15.5. The molecule has 0 spiro atoms. The molecule has 53 heavy (non-hydrogen) atoms. The van der Waals surface area contributed by atoms with E-state index >= 15 is 0 Å². The molecule has 18 nitrogen and oxygen atoms in total. The van der Waals surface area contributed by atoms with E-state index in [1.54, 1.807) is 0 Å². The molecule has 0 saturated carbocycles. The molecule has 0 radical (unpaired) electrons. The standard InChI is InChI=1S/2C14H10Cl2N5O4.2ClH.Zn/c2*1-24-12-6-11(13(25-2)5-10(12)18-17)19-20-14-8(15)3-7(21(22)23)4-9(14)16;;;/h2*3-6H,1-2H3;2*1H;/q2*+1;;;+2/p-2. The fraction of sp³-hybridized carbons (Fsp3) is 0.143. The van der Waals surface area contributed by atoms with Crippen LogP contribution in [0.3, 0.4) is 0 Å². The van der Waals surface area contributed by atoms with E-state index in [0.29, 0.717) is 0 Å². The van der Waals surface area contributed by atoms with E-state index in [0.717, 1.165) is 24.3 Å². The molecule has 0 saturated heterocycles. The van der Waals surface area contributed by atoms with Crippen molar-refractivity contribution in [3.05, 3.63) is 98.8 Å². The SMILES string of the molecule is COc1cc([N+]#N)c(OC)cc1N=Nc1c(Cl)cc([N+](=O)[O-])cc1Cl.COc1cc([N+]#N)c(OC)cc1N=Nc1c(Cl)cc([N+](=O)[O-])cc1Cl.[Cl][Zn][Cl]. The Kier molecular flexibility index (Phi) is 18.2. The Morgan fingerprint density at radius 2 is 0.849 bits per heavy atom. The molecule has 0 aliphatic heterocycles. The van der Waals surface area contributed by atoms with Gasteiger partial charge in [0.25, 0.3) is 11.4 Å². The second kappa shape index (κ2) is 21.7. The minimum absolute atomic E-state index is 0.0316. The van der Waals surface area contributed by atoms with Gasteiger partial charge in [-0.1, -0.05) is 46.4 Å². The van der Waals surface area contributed by atoms with E-state index < -0.39 is 25.0 Å². The van der Waals surface area contributed by atoms with E-state index in [1.807, 2.05) is 0 Å². The molecule has 0 unspecified atom stereocenters. The number of methoxy groups -OCH3 is 4. The molecule has 0 aliphatic carbocycles. The topological polar surface area (TPSA) is 229 Å². The van der Waals surface area contributed by atoms with Gasteiger partial charge < -0.3 is 18.9 Å². The molecular weight excluding hydrogens is 882 g/mol. The van der Waals surface area contributed by atoms with E-state index in [9.17, 15) is 20.2 Å². The summed E-state index contributed by atoms with van der Waals surface area (Å²) < 4.78 is 20.5. The Bertz CT molecular complexity index is 1960. The van der Waals surface area contributed by atoms with Gasteiger partial charge in [0.05, 0.1) is 70.5 Å². The molecule has 4 rings (SSSR count). The maximum absolute atomic E-state index is 10.8. The van der Waals surface area contributed by atoms with Crippen LogP contribution in [0.25, 0.3) is 9.95 Å². The molecule has 0 aliphatic rings. The molecule has 0 fully saturated rings. The van der Waals surface area contributed by atoms with Gasteiger partial charge in [0.2, 0.25) is 22.3 Å². The average Bonchev–Trinajstić information content (AvgIpc) is 3.13. The van der Waals surface area contributed by atoms with E-state index in [1.165, 1.54) is 52.7 Å².